The van der Waals surface area contributed by atoms with E-state index in [1.54, 1.807) is 0 Å². The first-order chi connectivity index (χ1) is 7.08. The predicted octanol–water partition coefficient (Wildman–Crippen LogP) is -0.574. The van der Waals surface area contributed by atoms with Crippen molar-refractivity contribution < 1.29 is 17.9 Å². The van der Waals surface area contributed by atoms with Crippen LogP contribution in [0.3, 0.4) is 0 Å². The maximum absolute atomic E-state index is 10.8. The molecule has 0 saturated carbocycles. The van der Waals surface area contributed by atoms with Gasteiger partial charge in [0.1, 0.15) is 9.84 Å². The first-order valence-corrected chi connectivity index (χ1v) is 7.22. The molecule has 0 aliphatic carbocycles. The standard InChI is InChI=1S/C9H19NO4S/c1-15(11,12)7-4-10-3-6-14-9-2-5-13-8-9/h9-10H,2-8H2,1H3. The molecule has 1 N–H and O–H groups in total. The van der Waals surface area contributed by atoms with Gasteiger partial charge in [0.2, 0.25) is 0 Å². The third-order valence-electron chi connectivity index (χ3n) is 2.17. The van der Waals surface area contributed by atoms with Gasteiger partial charge in [0.05, 0.1) is 25.1 Å². The van der Waals surface area contributed by atoms with E-state index in [0.717, 1.165) is 13.0 Å². The summed E-state index contributed by atoms with van der Waals surface area (Å²) in [6.07, 6.45) is 2.42. The highest BCUT2D eigenvalue weighted by Gasteiger charge is 2.15. The van der Waals surface area contributed by atoms with Gasteiger partial charge < -0.3 is 14.8 Å². The van der Waals surface area contributed by atoms with Crippen LogP contribution in [0.25, 0.3) is 0 Å². The van der Waals surface area contributed by atoms with Crippen LogP contribution in [0, 0.1) is 0 Å². The Bertz CT molecular complexity index is 259. The lowest BCUT2D eigenvalue weighted by molar-refractivity contribution is 0.0447. The molecular formula is C9H19NO4S. The second-order valence-electron chi connectivity index (χ2n) is 3.74. The van der Waals surface area contributed by atoms with Gasteiger partial charge in [-0.1, -0.05) is 0 Å². The molecule has 1 unspecified atom stereocenters. The van der Waals surface area contributed by atoms with Crippen LogP contribution in [0.1, 0.15) is 6.42 Å². The van der Waals surface area contributed by atoms with Crippen molar-refractivity contribution in [3.63, 3.8) is 0 Å². The van der Waals surface area contributed by atoms with Crippen molar-refractivity contribution in [2.24, 2.45) is 0 Å². The zero-order chi connectivity index (χ0) is 11.1. The molecule has 1 aliphatic heterocycles. The molecule has 6 heteroatoms. The highest BCUT2D eigenvalue weighted by Crippen LogP contribution is 2.06. The molecule has 90 valence electrons. The van der Waals surface area contributed by atoms with Crippen molar-refractivity contribution in [3.05, 3.63) is 0 Å². The van der Waals surface area contributed by atoms with E-state index in [0.29, 0.717) is 26.3 Å². The average Bonchev–Trinajstić information content (AvgIpc) is 2.61. The molecule has 0 aromatic carbocycles. The molecule has 0 radical (unpaired) electrons. The maximum atomic E-state index is 10.8. The quantitative estimate of drug-likeness (QED) is 0.601. The topological polar surface area (TPSA) is 64.6 Å². The fourth-order valence-corrected chi connectivity index (χ4v) is 1.84. The van der Waals surface area contributed by atoms with Crippen molar-refractivity contribution in [2.45, 2.75) is 12.5 Å². The Balaban J connectivity index is 1.89. The molecule has 15 heavy (non-hydrogen) atoms. The van der Waals surface area contributed by atoms with E-state index in [-0.39, 0.29) is 11.9 Å². The zero-order valence-corrected chi connectivity index (χ0v) is 9.88. The van der Waals surface area contributed by atoms with Crippen LogP contribution in [0.2, 0.25) is 0 Å². The van der Waals surface area contributed by atoms with E-state index in [4.69, 9.17) is 9.47 Å². The Hall–Kier alpha value is -0.170. The lowest BCUT2D eigenvalue weighted by Crippen LogP contribution is -2.27. The molecule has 0 amide bonds. The highest BCUT2D eigenvalue weighted by molar-refractivity contribution is 7.90. The fourth-order valence-electron chi connectivity index (χ4n) is 1.32. The second kappa shape index (κ2) is 6.42. The number of hydrogen-bond donors (Lipinski definition) is 1. The second-order valence-corrected chi connectivity index (χ2v) is 6.00. The Morgan fingerprint density at radius 3 is 2.87 bits per heavy atom. The summed E-state index contributed by atoms with van der Waals surface area (Å²) in [5.74, 6) is 0.180. The summed E-state index contributed by atoms with van der Waals surface area (Å²) in [4.78, 5) is 0. The van der Waals surface area contributed by atoms with Gasteiger partial charge in [-0.25, -0.2) is 8.42 Å². The van der Waals surface area contributed by atoms with E-state index in [1.807, 2.05) is 0 Å². The number of nitrogens with one attached hydrogen (secondary N) is 1. The summed E-state index contributed by atoms with van der Waals surface area (Å²) in [5, 5.41) is 3.02. The van der Waals surface area contributed by atoms with E-state index < -0.39 is 9.84 Å². The summed E-state index contributed by atoms with van der Waals surface area (Å²) in [6, 6.07) is 0. The average molecular weight is 237 g/mol. The molecule has 1 rings (SSSR count). The van der Waals surface area contributed by atoms with Gasteiger partial charge in [-0.15, -0.1) is 0 Å². The smallest absolute Gasteiger partial charge is 0.148 e. The first kappa shape index (κ1) is 12.9. The lowest BCUT2D eigenvalue weighted by atomic mass is 10.3. The number of sulfone groups is 1. The van der Waals surface area contributed by atoms with Crippen LogP contribution < -0.4 is 5.32 Å². The predicted molar refractivity (Wildman–Crippen MR) is 57.8 cm³/mol. The first-order valence-electron chi connectivity index (χ1n) is 5.16. The summed E-state index contributed by atoms with van der Waals surface area (Å²) >= 11 is 0. The Kier molecular flexibility index (Phi) is 5.52. The number of hydrogen-bond acceptors (Lipinski definition) is 5. The van der Waals surface area contributed by atoms with E-state index >= 15 is 0 Å². The van der Waals surface area contributed by atoms with Crippen LogP contribution in [-0.4, -0.2) is 59.4 Å². The molecule has 0 spiro atoms. The SMILES string of the molecule is CS(=O)(=O)CCNCCOC1CCOC1. The largest absolute Gasteiger partial charge is 0.379 e. The Morgan fingerprint density at radius 2 is 2.27 bits per heavy atom. The summed E-state index contributed by atoms with van der Waals surface area (Å²) in [7, 11) is -2.85. The molecule has 1 atom stereocenters. The maximum Gasteiger partial charge on any atom is 0.148 e. The fraction of sp³-hybridized carbons (Fsp3) is 1.00. The van der Waals surface area contributed by atoms with E-state index in [2.05, 4.69) is 5.32 Å². The molecule has 0 aromatic rings. The van der Waals surface area contributed by atoms with Crippen molar-refractivity contribution in [2.75, 3.05) is 44.9 Å². The minimum atomic E-state index is -2.85. The van der Waals surface area contributed by atoms with Crippen molar-refractivity contribution >= 4 is 9.84 Å². The van der Waals surface area contributed by atoms with Gasteiger partial charge in [-0.3, -0.25) is 0 Å². The van der Waals surface area contributed by atoms with Crippen molar-refractivity contribution in [1.29, 1.82) is 0 Å². The van der Waals surface area contributed by atoms with E-state index in [1.165, 1.54) is 6.26 Å². The zero-order valence-electron chi connectivity index (χ0n) is 9.07. The van der Waals surface area contributed by atoms with Crippen LogP contribution in [0.4, 0.5) is 0 Å². The van der Waals surface area contributed by atoms with Gasteiger partial charge in [-0.2, -0.15) is 0 Å². The number of rotatable bonds is 7. The minimum absolute atomic E-state index is 0.180. The van der Waals surface area contributed by atoms with Crippen LogP contribution in [-0.2, 0) is 19.3 Å². The van der Waals surface area contributed by atoms with Gasteiger partial charge in [-0.05, 0) is 6.42 Å². The molecule has 1 heterocycles. The van der Waals surface area contributed by atoms with Gasteiger partial charge in [0.15, 0.2) is 0 Å². The molecule has 0 aromatic heterocycles. The van der Waals surface area contributed by atoms with Crippen LogP contribution >= 0.6 is 0 Å². The van der Waals surface area contributed by atoms with Gasteiger partial charge in [0, 0.05) is 26.0 Å². The monoisotopic (exact) mass is 237 g/mol. The summed E-state index contributed by atoms with van der Waals surface area (Å²) in [6.45, 7) is 3.25. The van der Waals surface area contributed by atoms with Gasteiger partial charge in [0.25, 0.3) is 0 Å². The van der Waals surface area contributed by atoms with Crippen LogP contribution in [0.5, 0.6) is 0 Å². The molecule has 1 aliphatic rings. The molecule has 1 fully saturated rings. The van der Waals surface area contributed by atoms with Crippen molar-refractivity contribution in [1.82, 2.24) is 5.32 Å². The van der Waals surface area contributed by atoms with Gasteiger partial charge >= 0.3 is 0 Å². The minimum Gasteiger partial charge on any atom is -0.379 e. The molecule has 0 bridgehead atoms. The highest BCUT2D eigenvalue weighted by atomic mass is 32.2. The third kappa shape index (κ3) is 6.83. The third-order valence-corrected chi connectivity index (χ3v) is 3.12. The Morgan fingerprint density at radius 1 is 1.47 bits per heavy atom. The normalized spacial score (nSPS) is 22.1. The molecule has 1 saturated heterocycles. The summed E-state index contributed by atoms with van der Waals surface area (Å²) < 4.78 is 32.2. The van der Waals surface area contributed by atoms with E-state index in [9.17, 15) is 8.42 Å². The molecular weight excluding hydrogens is 218 g/mol. The lowest BCUT2D eigenvalue weighted by Gasteiger charge is -2.09. The van der Waals surface area contributed by atoms with Crippen molar-refractivity contribution in [3.8, 4) is 0 Å². The van der Waals surface area contributed by atoms with Crippen LogP contribution in [0.15, 0.2) is 0 Å². The Labute approximate surface area is 91.1 Å². The molecule has 5 nitrogen and oxygen atoms in total. The number of ether oxygens (including phenoxy) is 2. The summed E-state index contributed by atoms with van der Waals surface area (Å²) in [5.41, 5.74) is 0.